The number of hydrogen-bond donors (Lipinski definition) is 4. The van der Waals surface area contributed by atoms with Gasteiger partial charge in [-0.05, 0) is 25.7 Å². The number of aliphatic hydroxyl groups is 4. The van der Waals surface area contributed by atoms with E-state index in [0.29, 0.717) is 19.3 Å². The Labute approximate surface area is 66.1 Å². The molecule has 0 spiro atoms. The fraction of sp³-hybridized carbons (Fsp3) is 1.00. The molecule has 0 aliphatic rings. The molecule has 0 aromatic heterocycles. The van der Waals surface area contributed by atoms with Crippen LogP contribution in [0.2, 0.25) is 0 Å². The lowest BCUT2D eigenvalue weighted by molar-refractivity contribution is -0.0482. The Hall–Kier alpha value is -0.160. The molecule has 0 amide bonds. The average Bonchev–Trinajstić information content (AvgIpc) is 1.87. The normalized spacial score (nSPS) is 13.9. The van der Waals surface area contributed by atoms with E-state index >= 15 is 0 Å². The second kappa shape index (κ2) is 6.54. The van der Waals surface area contributed by atoms with E-state index in [1.807, 2.05) is 0 Å². The van der Waals surface area contributed by atoms with Crippen molar-refractivity contribution in [2.45, 2.75) is 38.1 Å². The molecule has 4 heteroatoms. The Morgan fingerprint density at radius 1 is 0.909 bits per heavy atom. The largest absolute Gasteiger partial charge is 0.396 e. The van der Waals surface area contributed by atoms with Crippen LogP contribution in [-0.4, -0.2) is 39.4 Å². The Kier molecular flexibility index (Phi) is 6.45. The molecule has 0 saturated carbocycles. The van der Waals surface area contributed by atoms with Gasteiger partial charge in [0.1, 0.15) is 0 Å². The predicted octanol–water partition coefficient (Wildman–Crippen LogP) is -0.789. The summed E-state index contributed by atoms with van der Waals surface area (Å²) in [6, 6.07) is 0. The van der Waals surface area contributed by atoms with Crippen LogP contribution in [0.15, 0.2) is 0 Å². The van der Waals surface area contributed by atoms with Gasteiger partial charge in [-0.1, -0.05) is 0 Å². The summed E-state index contributed by atoms with van der Waals surface area (Å²) < 4.78 is 0. The first-order valence-electron chi connectivity index (χ1n) is 3.82. The third kappa shape index (κ3) is 7.74. The second-order valence-corrected chi connectivity index (χ2v) is 2.58. The molecule has 11 heavy (non-hydrogen) atoms. The number of hydrogen-bond acceptors (Lipinski definition) is 4. The van der Waals surface area contributed by atoms with Crippen molar-refractivity contribution < 1.29 is 20.4 Å². The predicted molar refractivity (Wildman–Crippen MR) is 39.8 cm³/mol. The second-order valence-electron chi connectivity index (χ2n) is 2.58. The maximum absolute atomic E-state index is 9.04. The topological polar surface area (TPSA) is 80.9 Å². The summed E-state index contributed by atoms with van der Waals surface area (Å²) in [5.74, 6) is 0. The van der Waals surface area contributed by atoms with Crippen molar-refractivity contribution in [1.29, 1.82) is 0 Å². The molecule has 0 fully saturated rings. The number of rotatable bonds is 6. The van der Waals surface area contributed by atoms with Gasteiger partial charge < -0.3 is 20.4 Å². The molecule has 0 aromatic rings. The van der Waals surface area contributed by atoms with E-state index < -0.39 is 12.4 Å². The van der Waals surface area contributed by atoms with Gasteiger partial charge in [0.25, 0.3) is 0 Å². The van der Waals surface area contributed by atoms with Crippen LogP contribution in [0.3, 0.4) is 0 Å². The molecule has 0 heterocycles. The van der Waals surface area contributed by atoms with Gasteiger partial charge in [0, 0.05) is 6.61 Å². The molecule has 0 saturated heterocycles. The highest BCUT2D eigenvalue weighted by Gasteiger charge is 2.04. The Bertz CT molecular complexity index is 84.5. The molecule has 0 aromatic carbocycles. The number of aliphatic hydroxyl groups excluding tert-OH is 3. The van der Waals surface area contributed by atoms with Crippen LogP contribution in [-0.2, 0) is 0 Å². The zero-order chi connectivity index (χ0) is 8.69. The summed E-state index contributed by atoms with van der Waals surface area (Å²) in [6.45, 7) is -0.0250. The van der Waals surface area contributed by atoms with E-state index in [-0.39, 0.29) is 13.0 Å². The monoisotopic (exact) mass is 164 g/mol. The van der Waals surface area contributed by atoms with E-state index in [9.17, 15) is 0 Å². The summed E-state index contributed by atoms with van der Waals surface area (Å²) in [6.07, 6.45) is -0.0730. The van der Waals surface area contributed by atoms with E-state index in [1.54, 1.807) is 0 Å². The minimum Gasteiger partial charge on any atom is -0.396 e. The van der Waals surface area contributed by atoms with Crippen LogP contribution in [0, 0.1) is 0 Å². The smallest absolute Gasteiger partial charge is 0.151 e. The summed E-state index contributed by atoms with van der Waals surface area (Å²) in [7, 11) is 0. The fourth-order valence-electron chi connectivity index (χ4n) is 0.829. The standard InChI is InChI=1S/C7H16O4/c8-5-4-6(9)2-1-3-7(10)11/h6-11H,1-5H2. The molecule has 0 rings (SSSR count). The van der Waals surface area contributed by atoms with Gasteiger partial charge in [0.2, 0.25) is 0 Å². The summed E-state index contributed by atoms with van der Waals surface area (Å²) in [5.41, 5.74) is 0. The Balaban J connectivity index is 3.10. The van der Waals surface area contributed by atoms with Crippen LogP contribution in [0.25, 0.3) is 0 Å². The molecule has 0 aliphatic carbocycles. The molecule has 4 nitrogen and oxygen atoms in total. The molecule has 0 radical (unpaired) electrons. The maximum atomic E-state index is 9.04. The van der Waals surface area contributed by atoms with Gasteiger partial charge in [0.15, 0.2) is 6.29 Å². The van der Waals surface area contributed by atoms with E-state index in [4.69, 9.17) is 20.4 Å². The summed E-state index contributed by atoms with van der Waals surface area (Å²) in [4.78, 5) is 0. The van der Waals surface area contributed by atoms with Gasteiger partial charge in [-0.3, -0.25) is 0 Å². The van der Waals surface area contributed by atoms with Crippen LogP contribution < -0.4 is 0 Å². The third-order valence-electron chi connectivity index (χ3n) is 1.46. The van der Waals surface area contributed by atoms with Crippen LogP contribution in [0.4, 0.5) is 0 Å². The molecule has 4 N–H and O–H groups in total. The van der Waals surface area contributed by atoms with Crippen LogP contribution in [0.5, 0.6) is 0 Å². The Morgan fingerprint density at radius 3 is 2.00 bits per heavy atom. The SMILES string of the molecule is OCCC(O)CCCC(O)O. The van der Waals surface area contributed by atoms with Gasteiger partial charge >= 0.3 is 0 Å². The van der Waals surface area contributed by atoms with Crippen LogP contribution in [0.1, 0.15) is 25.7 Å². The van der Waals surface area contributed by atoms with Crippen molar-refractivity contribution in [3.8, 4) is 0 Å². The first-order chi connectivity index (χ1) is 5.16. The first-order valence-corrected chi connectivity index (χ1v) is 3.82. The quantitative estimate of drug-likeness (QED) is 0.388. The van der Waals surface area contributed by atoms with Crippen molar-refractivity contribution in [3.63, 3.8) is 0 Å². The molecule has 1 atom stereocenters. The zero-order valence-corrected chi connectivity index (χ0v) is 6.48. The van der Waals surface area contributed by atoms with Crippen molar-refractivity contribution in [2.24, 2.45) is 0 Å². The Morgan fingerprint density at radius 2 is 1.55 bits per heavy atom. The summed E-state index contributed by atoms with van der Waals surface area (Å²) >= 11 is 0. The van der Waals surface area contributed by atoms with Gasteiger partial charge in [-0.25, -0.2) is 0 Å². The van der Waals surface area contributed by atoms with Gasteiger partial charge in [-0.15, -0.1) is 0 Å². The van der Waals surface area contributed by atoms with Crippen molar-refractivity contribution in [3.05, 3.63) is 0 Å². The van der Waals surface area contributed by atoms with Gasteiger partial charge in [-0.2, -0.15) is 0 Å². The molecular formula is C7H16O4. The lowest BCUT2D eigenvalue weighted by atomic mass is 10.1. The molecule has 68 valence electrons. The van der Waals surface area contributed by atoms with Crippen molar-refractivity contribution in [2.75, 3.05) is 6.61 Å². The van der Waals surface area contributed by atoms with E-state index in [2.05, 4.69) is 0 Å². The molecule has 1 unspecified atom stereocenters. The summed E-state index contributed by atoms with van der Waals surface area (Å²) in [5, 5.41) is 34.3. The fourth-order valence-corrected chi connectivity index (χ4v) is 0.829. The first kappa shape index (κ1) is 10.8. The maximum Gasteiger partial charge on any atom is 0.151 e. The molecular weight excluding hydrogens is 148 g/mol. The minimum absolute atomic E-state index is 0.0250. The molecule has 0 bridgehead atoms. The highest BCUT2D eigenvalue weighted by molar-refractivity contribution is 4.54. The lowest BCUT2D eigenvalue weighted by Crippen LogP contribution is -2.11. The molecule has 0 aliphatic heterocycles. The van der Waals surface area contributed by atoms with Crippen molar-refractivity contribution >= 4 is 0 Å². The van der Waals surface area contributed by atoms with Crippen molar-refractivity contribution in [1.82, 2.24) is 0 Å². The zero-order valence-electron chi connectivity index (χ0n) is 6.48. The van der Waals surface area contributed by atoms with Crippen LogP contribution >= 0.6 is 0 Å². The highest BCUT2D eigenvalue weighted by atomic mass is 16.5. The average molecular weight is 164 g/mol. The van der Waals surface area contributed by atoms with Gasteiger partial charge in [0.05, 0.1) is 6.10 Å². The minimum atomic E-state index is -1.28. The van der Waals surface area contributed by atoms with E-state index in [1.165, 1.54) is 0 Å². The van der Waals surface area contributed by atoms with E-state index in [0.717, 1.165) is 0 Å². The lowest BCUT2D eigenvalue weighted by Gasteiger charge is -2.08. The third-order valence-corrected chi connectivity index (χ3v) is 1.46. The highest BCUT2D eigenvalue weighted by Crippen LogP contribution is 2.04.